The van der Waals surface area contributed by atoms with E-state index in [2.05, 4.69) is 5.32 Å². The molecule has 3 rings (SSSR count). The van der Waals surface area contributed by atoms with E-state index in [1.807, 2.05) is 0 Å². The van der Waals surface area contributed by atoms with Crippen LogP contribution in [0.4, 0.5) is 5.88 Å². The summed E-state index contributed by atoms with van der Waals surface area (Å²) >= 11 is 0. The molecule has 24 heavy (non-hydrogen) atoms. The molecule has 1 aliphatic rings. The summed E-state index contributed by atoms with van der Waals surface area (Å²) in [5, 5.41) is 2.48. The molecule has 1 N–H and O–H groups in total. The van der Waals surface area contributed by atoms with E-state index in [1.165, 1.54) is 25.3 Å². The van der Waals surface area contributed by atoms with Crippen molar-refractivity contribution in [1.29, 1.82) is 0 Å². The monoisotopic (exact) mass is 331 g/mol. The molecular weight excluding hydrogens is 314 g/mol. The van der Waals surface area contributed by atoms with Crippen molar-refractivity contribution in [3.05, 3.63) is 42.0 Å². The highest BCUT2D eigenvalue weighted by atomic mass is 16.4. The van der Waals surface area contributed by atoms with Gasteiger partial charge in [-0.25, -0.2) is 0 Å². The van der Waals surface area contributed by atoms with Gasteiger partial charge in [0.25, 0.3) is 11.8 Å². The predicted octanol–water partition coefficient (Wildman–Crippen LogP) is 1.43. The molecule has 8 heteroatoms. The zero-order valence-corrected chi connectivity index (χ0v) is 13.2. The summed E-state index contributed by atoms with van der Waals surface area (Å²) in [6.45, 7) is 3.01. The fraction of sp³-hybridized carbons (Fsp3) is 0.312. The van der Waals surface area contributed by atoms with E-state index in [-0.39, 0.29) is 29.4 Å². The van der Waals surface area contributed by atoms with Gasteiger partial charge in [-0.3, -0.25) is 19.7 Å². The van der Waals surface area contributed by atoms with Crippen molar-refractivity contribution in [3.63, 3.8) is 0 Å². The number of nitrogens with one attached hydrogen (secondary N) is 1. The lowest BCUT2D eigenvalue weighted by atomic mass is 10.2. The first-order valence-electron chi connectivity index (χ1n) is 7.54. The summed E-state index contributed by atoms with van der Waals surface area (Å²) < 4.78 is 10.4. The SMILES string of the molecule is CC(=O)Nc1ccc(C(=O)N2CCN(C(=O)c3ccco3)CC2)o1. The third-order valence-electron chi connectivity index (χ3n) is 3.70. The summed E-state index contributed by atoms with van der Waals surface area (Å²) in [6.07, 6.45) is 1.45. The molecule has 126 valence electrons. The van der Waals surface area contributed by atoms with Gasteiger partial charge >= 0.3 is 0 Å². The number of piperazine rings is 1. The minimum absolute atomic E-state index is 0.157. The third kappa shape index (κ3) is 3.32. The van der Waals surface area contributed by atoms with Crippen molar-refractivity contribution in [3.8, 4) is 0 Å². The first-order valence-corrected chi connectivity index (χ1v) is 7.54. The van der Waals surface area contributed by atoms with Crippen LogP contribution in [0.3, 0.4) is 0 Å². The third-order valence-corrected chi connectivity index (χ3v) is 3.70. The molecule has 0 aromatic carbocycles. The van der Waals surface area contributed by atoms with Gasteiger partial charge in [-0.15, -0.1) is 0 Å². The Morgan fingerprint density at radius 3 is 2.12 bits per heavy atom. The Morgan fingerprint density at radius 2 is 1.58 bits per heavy atom. The molecule has 3 heterocycles. The lowest BCUT2D eigenvalue weighted by molar-refractivity contribution is -0.114. The molecule has 0 bridgehead atoms. The Balaban J connectivity index is 1.58. The highest BCUT2D eigenvalue weighted by Crippen LogP contribution is 2.17. The number of carbonyl (C=O) groups is 3. The van der Waals surface area contributed by atoms with Crippen LogP contribution in [0.5, 0.6) is 0 Å². The zero-order valence-electron chi connectivity index (χ0n) is 13.2. The van der Waals surface area contributed by atoms with Crippen LogP contribution in [0, 0.1) is 0 Å². The fourth-order valence-corrected chi connectivity index (χ4v) is 2.52. The topological polar surface area (TPSA) is 96.0 Å². The van der Waals surface area contributed by atoms with E-state index < -0.39 is 0 Å². The summed E-state index contributed by atoms with van der Waals surface area (Å²) in [5.74, 6) is -0.0362. The highest BCUT2D eigenvalue weighted by Gasteiger charge is 2.27. The Labute approximate surface area is 138 Å². The molecule has 0 spiro atoms. The van der Waals surface area contributed by atoms with E-state index >= 15 is 0 Å². The molecule has 1 saturated heterocycles. The second-order valence-electron chi connectivity index (χ2n) is 5.41. The summed E-state index contributed by atoms with van der Waals surface area (Å²) in [5.41, 5.74) is 0. The number of amides is 3. The number of anilines is 1. The molecule has 2 aromatic rings. The number of rotatable bonds is 3. The molecule has 0 aliphatic carbocycles. The summed E-state index contributed by atoms with van der Waals surface area (Å²) in [7, 11) is 0. The standard InChI is InChI=1S/C16H17N3O5/c1-11(20)17-14-5-4-13(24-14)16(22)19-8-6-18(7-9-19)15(21)12-3-2-10-23-12/h2-5,10H,6-9H2,1H3,(H,17,20). The minimum atomic E-state index is -0.270. The number of hydrogen-bond acceptors (Lipinski definition) is 5. The smallest absolute Gasteiger partial charge is 0.289 e. The Morgan fingerprint density at radius 1 is 0.958 bits per heavy atom. The van der Waals surface area contributed by atoms with Crippen molar-refractivity contribution in [1.82, 2.24) is 9.80 Å². The minimum Gasteiger partial charge on any atom is -0.459 e. The Bertz CT molecular complexity index is 742. The van der Waals surface area contributed by atoms with Crippen molar-refractivity contribution in [2.24, 2.45) is 0 Å². The van der Waals surface area contributed by atoms with E-state index in [1.54, 1.807) is 21.9 Å². The van der Waals surface area contributed by atoms with Crippen LogP contribution in [0.2, 0.25) is 0 Å². The molecule has 3 amide bonds. The van der Waals surface area contributed by atoms with E-state index in [0.717, 1.165) is 0 Å². The molecule has 2 aromatic heterocycles. The molecule has 0 unspecified atom stereocenters. The van der Waals surface area contributed by atoms with Gasteiger partial charge in [-0.2, -0.15) is 0 Å². The van der Waals surface area contributed by atoms with Gasteiger partial charge in [0.05, 0.1) is 6.26 Å². The number of furan rings is 2. The Hall–Kier alpha value is -3.03. The normalized spacial score (nSPS) is 14.5. The number of nitrogens with zero attached hydrogens (tertiary/aromatic N) is 2. The molecule has 0 radical (unpaired) electrons. The van der Waals surface area contributed by atoms with E-state index in [0.29, 0.717) is 31.9 Å². The lowest BCUT2D eigenvalue weighted by Crippen LogP contribution is -2.50. The van der Waals surface area contributed by atoms with Crippen molar-refractivity contribution >= 4 is 23.6 Å². The van der Waals surface area contributed by atoms with Gasteiger partial charge in [-0.05, 0) is 18.2 Å². The van der Waals surface area contributed by atoms with Crippen LogP contribution in [-0.4, -0.2) is 53.7 Å². The molecule has 0 saturated carbocycles. The first kappa shape index (κ1) is 15.9. The highest BCUT2D eigenvalue weighted by molar-refractivity contribution is 5.94. The lowest BCUT2D eigenvalue weighted by Gasteiger charge is -2.33. The molecular formula is C16H17N3O5. The van der Waals surface area contributed by atoms with Gasteiger partial charge in [0.15, 0.2) is 17.4 Å². The van der Waals surface area contributed by atoms with Gasteiger partial charge in [0, 0.05) is 39.2 Å². The molecule has 8 nitrogen and oxygen atoms in total. The summed E-state index contributed by atoms with van der Waals surface area (Å²) in [4.78, 5) is 38.8. The zero-order chi connectivity index (χ0) is 17.1. The van der Waals surface area contributed by atoms with Crippen molar-refractivity contribution in [2.45, 2.75) is 6.92 Å². The molecule has 0 atom stereocenters. The van der Waals surface area contributed by atoms with Crippen LogP contribution in [0.25, 0.3) is 0 Å². The van der Waals surface area contributed by atoms with Crippen molar-refractivity contribution < 1.29 is 23.2 Å². The van der Waals surface area contributed by atoms with E-state index in [4.69, 9.17) is 8.83 Å². The number of hydrogen-bond donors (Lipinski definition) is 1. The van der Waals surface area contributed by atoms with Crippen LogP contribution in [-0.2, 0) is 4.79 Å². The average molecular weight is 331 g/mol. The maximum Gasteiger partial charge on any atom is 0.289 e. The van der Waals surface area contributed by atoms with Crippen molar-refractivity contribution in [2.75, 3.05) is 31.5 Å². The predicted molar refractivity (Wildman–Crippen MR) is 83.5 cm³/mol. The Kier molecular flexibility index (Phi) is 4.37. The van der Waals surface area contributed by atoms with Crippen LogP contribution in [0.1, 0.15) is 28.0 Å². The summed E-state index contributed by atoms with van der Waals surface area (Å²) in [6, 6.07) is 6.34. The van der Waals surface area contributed by atoms with Gasteiger partial charge < -0.3 is 18.6 Å². The van der Waals surface area contributed by atoms with Gasteiger partial charge in [0.2, 0.25) is 5.91 Å². The van der Waals surface area contributed by atoms with Crippen LogP contribution in [0.15, 0.2) is 39.4 Å². The van der Waals surface area contributed by atoms with Crippen LogP contribution >= 0.6 is 0 Å². The molecule has 1 aliphatic heterocycles. The average Bonchev–Trinajstić information content (AvgIpc) is 3.25. The largest absolute Gasteiger partial charge is 0.459 e. The maximum absolute atomic E-state index is 12.4. The quantitative estimate of drug-likeness (QED) is 0.918. The number of carbonyl (C=O) groups excluding carboxylic acids is 3. The van der Waals surface area contributed by atoms with Crippen LogP contribution < -0.4 is 5.32 Å². The molecule has 1 fully saturated rings. The maximum atomic E-state index is 12.4. The second-order valence-corrected chi connectivity index (χ2v) is 5.41. The first-order chi connectivity index (χ1) is 11.5. The second kappa shape index (κ2) is 6.61. The van der Waals surface area contributed by atoms with Gasteiger partial charge in [-0.1, -0.05) is 0 Å². The van der Waals surface area contributed by atoms with E-state index in [9.17, 15) is 14.4 Å². The van der Waals surface area contributed by atoms with Gasteiger partial charge in [0.1, 0.15) is 0 Å². The fourth-order valence-electron chi connectivity index (χ4n) is 2.52.